The maximum atomic E-state index is 13.5. The fourth-order valence-electron chi connectivity index (χ4n) is 5.42. The number of hydrogen-bond acceptors (Lipinski definition) is 3. The van der Waals surface area contributed by atoms with Gasteiger partial charge in [-0.3, -0.25) is 4.99 Å². The second kappa shape index (κ2) is 7.54. The van der Waals surface area contributed by atoms with Crippen LogP contribution in [-0.2, 0) is 4.74 Å². The van der Waals surface area contributed by atoms with E-state index in [2.05, 4.69) is 34.4 Å². The Morgan fingerprint density at radius 3 is 2.86 bits per heavy atom. The third-order valence-corrected chi connectivity index (χ3v) is 6.88. The summed E-state index contributed by atoms with van der Waals surface area (Å²) in [4.78, 5) is 6.85. The minimum absolute atomic E-state index is 0.128. The molecule has 4 atom stereocenters. The van der Waals surface area contributed by atoms with Gasteiger partial charge in [0.15, 0.2) is 5.96 Å². The van der Waals surface area contributed by atoms with Crippen molar-refractivity contribution in [3.63, 3.8) is 0 Å². The van der Waals surface area contributed by atoms with Crippen LogP contribution in [0.5, 0.6) is 0 Å². The molecule has 1 aliphatic carbocycles. The lowest BCUT2D eigenvalue weighted by atomic mass is 9.57. The highest BCUT2D eigenvalue weighted by molar-refractivity contribution is 5.80. The average Bonchev–Trinajstić information content (AvgIpc) is 3.12. The summed E-state index contributed by atoms with van der Waals surface area (Å²) >= 11 is 0. The predicted octanol–water partition coefficient (Wildman–Crippen LogP) is 3.08. The molecule has 0 spiro atoms. The summed E-state index contributed by atoms with van der Waals surface area (Å²) in [7, 11) is 1.84. The van der Waals surface area contributed by atoms with E-state index in [0.717, 1.165) is 56.2 Å². The Hall–Kier alpha value is -1.82. The molecule has 1 aromatic rings. The molecule has 2 heterocycles. The van der Waals surface area contributed by atoms with Gasteiger partial charge in [-0.25, -0.2) is 4.39 Å². The lowest BCUT2D eigenvalue weighted by molar-refractivity contribution is -0.106. The Bertz CT molecular complexity index is 750. The summed E-state index contributed by atoms with van der Waals surface area (Å²) in [5.74, 6) is 1.29. The van der Waals surface area contributed by atoms with Crippen molar-refractivity contribution in [1.29, 1.82) is 0 Å². The molecule has 1 saturated carbocycles. The first-order chi connectivity index (χ1) is 13.4. The minimum Gasteiger partial charge on any atom is -0.377 e. The smallest absolute Gasteiger partial charge is 0.191 e. The van der Waals surface area contributed by atoms with Gasteiger partial charge >= 0.3 is 0 Å². The molecule has 1 aromatic carbocycles. The second-order valence-electron chi connectivity index (χ2n) is 9.12. The van der Waals surface area contributed by atoms with E-state index in [-0.39, 0.29) is 11.2 Å². The molecule has 2 N–H and O–H groups in total. The van der Waals surface area contributed by atoms with Crippen LogP contribution in [0.15, 0.2) is 23.2 Å². The first-order valence-corrected chi connectivity index (χ1v) is 10.5. The van der Waals surface area contributed by atoms with Crippen LogP contribution >= 0.6 is 0 Å². The Balaban J connectivity index is 1.39. The Morgan fingerprint density at radius 2 is 2.11 bits per heavy atom. The molecule has 0 aromatic heterocycles. The van der Waals surface area contributed by atoms with Crippen LogP contribution in [0.25, 0.3) is 0 Å². The molecule has 3 aliphatic rings. The van der Waals surface area contributed by atoms with Crippen molar-refractivity contribution in [2.24, 2.45) is 16.3 Å². The fourth-order valence-corrected chi connectivity index (χ4v) is 5.42. The van der Waals surface area contributed by atoms with E-state index >= 15 is 0 Å². The molecule has 2 saturated heterocycles. The number of rotatable bonds is 3. The summed E-state index contributed by atoms with van der Waals surface area (Å²) in [5.41, 5.74) is 2.25. The summed E-state index contributed by atoms with van der Waals surface area (Å²) in [6.45, 7) is 9.32. The normalized spacial score (nSPS) is 31.9. The highest BCUT2D eigenvalue weighted by Gasteiger charge is 2.59. The maximum Gasteiger partial charge on any atom is 0.191 e. The van der Waals surface area contributed by atoms with E-state index in [1.165, 1.54) is 0 Å². The topological polar surface area (TPSA) is 48.9 Å². The number of halogens is 1. The zero-order chi connectivity index (χ0) is 19.9. The van der Waals surface area contributed by atoms with Crippen LogP contribution in [0.1, 0.15) is 38.7 Å². The lowest BCUT2D eigenvalue weighted by Crippen LogP contribution is -2.68. The van der Waals surface area contributed by atoms with Gasteiger partial charge in [0, 0.05) is 55.8 Å². The maximum absolute atomic E-state index is 13.5. The quantitative estimate of drug-likeness (QED) is 0.617. The number of aryl methyl sites for hydroxylation is 1. The molecule has 28 heavy (non-hydrogen) atoms. The third-order valence-electron chi connectivity index (χ3n) is 6.88. The van der Waals surface area contributed by atoms with Gasteiger partial charge in [0.1, 0.15) is 5.82 Å². The highest BCUT2D eigenvalue weighted by atomic mass is 19.1. The summed E-state index contributed by atoms with van der Waals surface area (Å²) in [5, 5.41) is 7.31. The third kappa shape index (κ3) is 3.47. The number of fused-ring (bicyclic) bond motifs is 1. The molecule has 154 valence electrons. The average molecular weight is 389 g/mol. The summed E-state index contributed by atoms with van der Waals surface area (Å²) < 4.78 is 19.4. The number of aliphatic imine (C=N–C) groups is 1. The number of ether oxygens (including phenoxy) is 1. The molecule has 3 fully saturated rings. The van der Waals surface area contributed by atoms with Crippen LogP contribution in [0.3, 0.4) is 0 Å². The number of nitrogens with one attached hydrogen (secondary N) is 2. The van der Waals surface area contributed by atoms with Gasteiger partial charge in [0.25, 0.3) is 0 Å². The van der Waals surface area contributed by atoms with Crippen molar-refractivity contribution in [1.82, 2.24) is 10.6 Å². The van der Waals surface area contributed by atoms with E-state index in [1.807, 2.05) is 20.0 Å². The van der Waals surface area contributed by atoms with E-state index in [9.17, 15) is 4.39 Å². The number of anilines is 1. The van der Waals surface area contributed by atoms with Crippen LogP contribution < -0.4 is 15.5 Å². The molecule has 0 bridgehead atoms. The van der Waals surface area contributed by atoms with Gasteiger partial charge < -0.3 is 20.3 Å². The van der Waals surface area contributed by atoms with Crippen molar-refractivity contribution in [3.8, 4) is 0 Å². The monoisotopic (exact) mass is 388 g/mol. The number of piperidine rings is 1. The first kappa shape index (κ1) is 19.5. The number of nitrogens with zero attached hydrogens (tertiary/aromatic N) is 2. The van der Waals surface area contributed by atoms with E-state index < -0.39 is 0 Å². The van der Waals surface area contributed by atoms with Crippen molar-refractivity contribution in [3.05, 3.63) is 29.6 Å². The summed E-state index contributed by atoms with van der Waals surface area (Å²) in [6, 6.07) is 5.79. The van der Waals surface area contributed by atoms with Gasteiger partial charge in [0.2, 0.25) is 0 Å². The van der Waals surface area contributed by atoms with Crippen molar-refractivity contribution in [2.45, 2.75) is 58.2 Å². The van der Waals surface area contributed by atoms with E-state index in [4.69, 9.17) is 4.74 Å². The predicted molar refractivity (Wildman–Crippen MR) is 111 cm³/mol. The standard InChI is InChI=1S/C22H33FN4O/c1-14-12-15(23)7-8-18(14)27-10-5-6-16(13-27)25-21(24-4)26-19-17-9-11-28-20(17)22(19,2)3/h7-8,12,16-17,19-20H,5-6,9-11,13H2,1-4H3,(H2,24,25,26). The van der Waals surface area contributed by atoms with E-state index in [0.29, 0.717) is 24.1 Å². The molecular formula is C22H33FN4O. The van der Waals surface area contributed by atoms with Gasteiger partial charge in [-0.2, -0.15) is 0 Å². The largest absolute Gasteiger partial charge is 0.377 e. The zero-order valence-corrected chi connectivity index (χ0v) is 17.5. The molecule has 0 radical (unpaired) electrons. The molecule has 2 aliphatic heterocycles. The van der Waals surface area contributed by atoms with Crippen molar-refractivity contribution < 1.29 is 9.13 Å². The van der Waals surface area contributed by atoms with Crippen LogP contribution in [0.2, 0.25) is 0 Å². The van der Waals surface area contributed by atoms with Crippen molar-refractivity contribution in [2.75, 3.05) is 31.6 Å². The molecule has 5 nitrogen and oxygen atoms in total. The zero-order valence-electron chi connectivity index (χ0n) is 17.5. The van der Waals surface area contributed by atoms with Crippen LogP contribution in [0.4, 0.5) is 10.1 Å². The number of hydrogen-bond donors (Lipinski definition) is 2. The minimum atomic E-state index is -0.171. The Morgan fingerprint density at radius 1 is 1.29 bits per heavy atom. The molecular weight excluding hydrogens is 355 g/mol. The lowest BCUT2D eigenvalue weighted by Gasteiger charge is -2.55. The Kier molecular flexibility index (Phi) is 5.25. The van der Waals surface area contributed by atoms with Crippen molar-refractivity contribution >= 4 is 11.6 Å². The SMILES string of the molecule is CN=C(NC1CCCN(c2ccc(F)cc2C)C1)NC1C2CCOC2C1(C)C. The fraction of sp³-hybridized carbons (Fsp3) is 0.682. The van der Waals surface area contributed by atoms with Gasteiger partial charge in [-0.05, 0) is 49.9 Å². The van der Waals surface area contributed by atoms with Gasteiger partial charge in [-0.15, -0.1) is 0 Å². The molecule has 0 amide bonds. The Labute approximate surface area is 167 Å². The highest BCUT2D eigenvalue weighted by Crippen LogP contribution is 2.52. The second-order valence-corrected chi connectivity index (χ2v) is 9.12. The number of benzene rings is 1. The van der Waals surface area contributed by atoms with Crippen LogP contribution in [-0.4, -0.2) is 50.9 Å². The molecule has 4 unspecified atom stereocenters. The molecule has 6 heteroatoms. The summed E-state index contributed by atoms with van der Waals surface area (Å²) in [6.07, 6.45) is 3.72. The van der Waals surface area contributed by atoms with Gasteiger partial charge in [-0.1, -0.05) is 13.8 Å². The first-order valence-electron chi connectivity index (χ1n) is 10.5. The van der Waals surface area contributed by atoms with Gasteiger partial charge in [0.05, 0.1) is 6.10 Å². The van der Waals surface area contributed by atoms with E-state index in [1.54, 1.807) is 12.1 Å². The molecule has 4 rings (SSSR count). The number of guanidine groups is 1. The van der Waals surface area contributed by atoms with Crippen LogP contribution in [0, 0.1) is 24.1 Å².